The molecule has 0 unspecified atom stereocenters. The molecule has 1 saturated heterocycles. The number of carbonyl (C=O) groups excluding carboxylic acids is 2. The molecule has 0 spiro atoms. The summed E-state index contributed by atoms with van der Waals surface area (Å²) in [6.45, 7) is 3.71. The van der Waals surface area contributed by atoms with Gasteiger partial charge in [-0.3, -0.25) is 9.59 Å². The second-order valence-corrected chi connectivity index (χ2v) is 6.30. The van der Waals surface area contributed by atoms with Crippen LogP contribution in [0, 0.1) is 0 Å². The molecule has 0 bridgehead atoms. The molecular formula is C20H24N2O5. The summed E-state index contributed by atoms with van der Waals surface area (Å²) in [6.07, 6.45) is 2.89. The van der Waals surface area contributed by atoms with Crippen molar-refractivity contribution in [1.29, 1.82) is 0 Å². The van der Waals surface area contributed by atoms with Crippen LogP contribution in [0.4, 0.5) is 0 Å². The van der Waals surface area contributed by atoms with E-state index >= 15 is 0 Å². The van der Waals surface area contributed by atoms with Crippen molar-refractivity contribution in [3.05, 3.63) is 48.4 Å². The van der Waals surface area contributed by atoms with Gasteiger partial charge in [0.25, 0.3) is 11.8 Å². The maximum Gasteiger partial charge on any atom is 0.287 e. The molecule has 0 radical (unpaired) electrons. The number of likely N-dealkylation sites (tertiary alicyclic amines) is 1. The standard InChI is InChI=1S/C20H24N2O5/c1-2-25-16-5-7-17(8-6-16)27-14-19(23)22-11-9-15(10-12-22)21-20(24)18-4-3-13-26-18/h3-8,13,15H,2,9-12,14H2,1H3,(H,21,24). The second-order valence-electron chi connectivity index (χ2n) is 6.30. The van der Waals surface area contributed by atoms with E-state index in [-0.39, 0.29) is 24.5 Å². The number of furan rings is 1. The van der Waals surface area contributed by atoms with Crippen molar-refractivity contribution in [3.63, 3.8) is 0 Å². The van der Waals surface area contributed by atoms with Gasteiger partial charge in [0.2, 0.25) is 0 Å². The van der Waals surface area contributed by atoms with Gasteiger partial charge in [-0.15, -0.1) is 0 Å². The normalized spacial score (nSPS) is 14.6. The van der Waals surface area contributed by atoms with Crippen LogP contribution >= 0.6 is 0 Å². The van der Waals surface area contributed by atoms with Gasteiger partial charge in [0, 0.05) is 19.1 Å². The van der Waals surface area contributed by atoms with Crippen molar-refractivity contribution < 1.29 is 23.5 Å². The highest BCUT2D eigenvalue weighted by Crippen LogP contribution is 2.18. The van der Waals surface area contributed by atoms with E-state index < -0.39 is 0 Å². The predicted molar refractivity (Wildman–Crippen MR) is 98.9 cm³/mol. The van der Waals surface area contributed by atoms with Crippen molar-refractivity contribution in [2.45, 2.75) is 25.8 Å². The lowest BCUT2D eigenvalue weighted by molar-refractivity contribution is -0.134. The van der Waals surface area contributed by atoms with E-state index in [9.17, 15) is 9.59 Å². The average Bonchev–Trinajstić information content (AvgIpc) is 3.23. The summed E-state index contributed by atoms with van der Waals surface area (Å²) in [5.41, 5.74) is 0. The molecule has 144 valence electrons. The van der Waals surface area contributed by atoms with Gasteiger partial charge in [-0.1, -0.05) is 0 Å². The molecule has 0 saturated carbocycles. The lowest BCUT2D eigenvalue weighted by Gasteiger charge is -2.32. The zero-order valence-electron chi connectivity index (χ0n) is 15.3. The quantitative estimate of drug-likeness (QED) is 0.808. The van der Waals surface area contributed by atoms with Gasteiger partial charge in [0.05, 0.1) is 12.9 Å². The minimum Gasteiger partial charge on any atom is -0.494 e. The Bertz CT molecular complexity index is 734. The summed E-state index contributed by atoms with van der Waals surface area (Å²) in [6, 6.07) is 10.6. The van der Waals surface area contributed by atoms with Crippen molar-refractivity contribution in [3.8, 4) is 11.5 Å². The van der Waals surface area contributed by atoms with Crippen LogP contribution in [0.2, 0.25) is 0 Å². The Balaban J connectivity index is 1.40. The van der Waals surface area contributed by atoms with Crippen LogP contribution in [-0.4, -0.2) is 49.1 Å². The summed E-state index contributed by atoms with van der Waals surface area (Å²) < 4.78 is 16.0. The van der Waals surface area contributed by atoms with Crippen LogP contribution in [0.5, 0.6) is 11.5 Å². The van der Waals surface area contributed by atoms with Gasteiger partial charge in [-0.05, 0) is 56.2 Å². The topological polar surface area (TPSA) is 81.0 Å². The Kier molecular flexibility index (Phi) is 6.35. The zero-order chi connectivity index (χ0) is 19.1. The van der Waals surface area contributed by atoms with Crippen molar-refractivity contribution in [2.24, 2.45) is 0 Å². The molecule has 2 aromatic rings. The molecule has 2 amide bonds. The smallest absolute Gasteiger partial charge is 0.287 e. The molecule has 1 N–H and O–H groups in total. The molecule has 0 aliphatic carbocycles. The number of benzene rings is 1. The fourth-order valence-corrected chi connectivity index (χ4v) is 2.97. The van der Waals surface area contributed by atoms with E-state index in [0.29, 0.717) is 44.0 Å². The number of piperidine rings is 1. The molecule has 1 fully saturated rings. The van der Waals surface area contributed by atoms with Gasteiger partial charge < -0.3 is 24.1 Å². The number of hydrogen-bond donors (Lipinski definition) is 1. The molecule has 7 nitrogen and oxygen atoms in total. The second kappa shape index (κ2) is 9.12. The first-order valence-corrected chi connectivity index (χ1v) is 9.13. The highest BCUT2D eigenvalue weighted by molar-refractivity contribution is 5.91. The van der Waals surface area contributed by atoms with E-state index in [4.69, 9.17) is 13.9 Å². The minimum atomic E-state index is -0.219. The third-order valence-corrected chi connectivity index (χ3v) is 4.42. The summed E-state index contributed by atoms with van der Waals surface area (Å²) in [5, 5.41) is 2.94. The SMILES string of the molecule is CCOc1ccc(OCC(=O)N2CCC(NC(=O)c3ccco3)CC2)cc1. The average molecular weight is 372 g/mol. The number of hydrogen-bond acceptors (Lipinski definition) is 5. The third kappa shape index (κ3) is 5.26. The van der Waals surface area contributed by atoms with E-state index in [2.05, 4.69) is 5.32 Å². The monoisotopic (exact) mass is 372 g/mol. The number of nitrogens with zero attached hydrogens (tertiary/aromatic N) is 1. The first kappa shape index (κ1) is 18.8. The highest BCUT2D eigenvalue weighted by Gasteiger charge is 2.24. The predicted octanol–water partition coefficient (Wildman–Crippen LogP) is 2.48. The summed E-state index contributed by atoms with van der Waals surface area (Å²) >= 11 is 0. The molecule has 1 aliphatic heterocycles. The number of nitrogens with one attached hydrogen (secondary N) is 1. The largest absolute Gasteiger partial charge is 0.494 e. The molecule has 27 heavy (non-hydrogen) atoms. The first-order chi connectivity index (χ1) is 13.2. The molecule has 1 aliphatic rings. The minimum absolute atomic E-state index is 0.00258. The van der Waals surface area contributed by atoms with Gasteiger partial charge >= 0.3 is 0 Å². The third-order valence-electron chi connectivity index (χ3n) is 4.42. The molecule has 3 rings (SSSR count). The molecular weight excluding hydrogens is 348 g/mol. The summed E-state index contributed by atoms with van der Waals surface area (Å²) in [4.78, 5) is 26.1. The molecule has 0 atom stereocenters. The summed E-state index contributed by atoms with van der Waals surface area (Å²) in [5.74, 6) is 1.43. The lowest BCUT2D eigenvalue weighted by Crippen LogP contribution is -2.47. The number of rotatable bonds is 7. The van der Waals surface area contributed by atoms with Crippen molar-refractivity contribution >= 4 is 11.8 Å². The van der Waals surface area contributed by atoms with Crippen LogP contribution in [-0.2, 0) is 4.79 Å². The molecule has 2 heterocycles. The fourth-order valence-electron chi connectivity index (χ4n) is 2.97. The maximum atomic E-state index is 12.3. The number of ether oxygens (including phenoxy) is 2. The van der Waals surface area contributed by atoms with E-state index in [1.54, 1.807) is 29.2 Å². The van der Waals surface area contributed by atoms with Gasteiger partial charge in [-0.2, -0.15) is 0 Å². The molecule has 1 aromatic heterocycles. The maximum absolute atomic E-state index is 12.3. The first-order valence-electron chi connectivity index (χ1n) is 9.13. The Morgan fingerprint density at radius 2 is 1.78 bits per heavy atom. The Morgan fingerprint density at radius 3 is 2.37 bits per heavy atom. The van der Waals surface area contributed by atoms with Gasteiger partial charge in [0.1, 0.15) is 11.5 Å². The summed E-state index contributed by atoms with van der Waals surface area (Å²) in [7, 11) is 0. The van der Waals surface area contributed by atoms with Crippen molar-refractivity contribution in [1.82, 2.24) is 10.2 Å². The number of carbonyl (C=O) groups is 2. The van der Waals surface area contributed by atoms with Gasteiger partial charge in [0.15, 0.2) is 12.4 Å². The Hall–Kier alpha value is -2.96. The van der Waals surface area contributed by atoms with Gasteiger partial charge in [-0.25, -0.2) is 0 Å². The molecule has 7 heteroatoms. The van der Waals surface area contributed by atoms with Crippen LogP contribution in [0.3, 0.4) is 0 Å². The van der Waals surface area contributed by atoms with Crippen molar-refractivity contribution in [2.75, 3.05) is 26.3 Å². The van der Waals surface area contributed by atoms with E-state index in [1.807, 2.05) is 19.1 Å². The van der Waals surface area contributed by atoms with Crippen LogP contribution in [0.25, 0.3) is 0 Å². The molecule has 1 aromatic carbocycles. The zero-order valence-corrected chi connectivity index (χ0v) is 15.3. The van der Waals surface area contributed by atoms with Crippen LogP contribution < -0.4 is 14.8 Å². The van der Waals surface area contributed by atoms with E-state index in [1.165, 1.54) is 6.26 Å². The lowest BCUT2D eigenvalue weighted by atomic mass is 10.0. The Morgan fingerprint density at radius 1 is 1.11 bits per heavy atom. The van der Waals surface area contributed by atoms with Crippen LogP contribution in [0.15, 0.2) is 47.1 Å². The number of amides is 2. The van der Waals surface area contributed by atoms with Crippen LogP contribution in [0.1, 0.15) is 30.3 Å². The fraction of sp³-hybridized carbons (Fsp3) is 0.400. The highest BCUT2D eigenvalue weighted by atomic mass is 16.5. The van der Waals surface area contributed by atoms with E-state index in [0.717, 1.165) is 5.75 Å². The Labute approximate surface area is 158 Å².